The summed E-state index contributed by atoms with van der Waals surface area (Å²) in [4.78, 5) is 12.9. The van der Waals surface area contributed by atoms with Crippen molar-refractivity contribution in [3.63, 3.8) is 0 Å². The Morgan fingerprint density at radius 2 is 1.75 bits per heavy atom. The van der Waals surface area contributed by atoms with Gasteiger partial charge in [0.15, 0.2) is 0 Å². The largest absolute Gasteiger partial charge is 0.348 e. The van der Waals surface area contributed by atoms with Gasteiger partial charge in [0.25, 0.3) is 5.91 Å². The maximum atomic E-state index is 13.0. The van der Waals surface area contributed by atoms with E-state index in [1.807, 2.05) is 38.1 Å². The SMILES string of the molecule is Cc1ccccc1CNC(=O)c1cc(S(=O)(=O)N2CCC(C)CC2)ccc1C. The third-order valence-electron chi connectivity index (χ3n) is 5.53. The van der Waals surface area contributed by atoms with E-state index in [0.29, 0.717) is 31.1 Å². The molecule has 0 bridgehead atoms. The molecule has 3 rings (SSSR count). The second-order valence-electron chi connectivity index (χ2n) is 7.67. The quantitative estimate of drug-likeness (QED) is 0.833. The van der Waals surface area contributed by atoms with E-state index in [1.165, 1.54) is 10.4 Å². The molecule has 150 valence electrons. The number of nitrogens with one attached hydrogen (secondary N) is 1. The van der Waals surface area contributed by atoms with Crippen molar-refractivity contribution in [3.8, 4) is 0 Å². The van der Waals surface area contributed by atoms with Gasteiger partial charge in [0, 0.05) is 25.2 Å². The smallest absolute Gasteiger partial charge is 0.251 e. The summed E-state index contributed by atoms with van der Waals surface area (Å²) in [7, 11) is -3.58. The van der Waals surface area contributed by atoms with Crippen molar-refractivity contribution in [2.45, 2.75) is 45.1 Å². The zero-order valence-electron chi connectivity index (χ0n) is 16.7. The van der Waals surface area contributed by atoms with Gasteiger partial charge in [0.05, 0.1) is 4.90 Å². The maximum Gasteiger partial charge on any atom is 0.251 e. The average Bonchev–Trinajstić information content (AvgIpc) is 2.67. The molecule has 0 aliphatic carbocycles. The minimum atomic E-state index is -3.58. The molecule has 2 aromatic carbocycles. The van der Waals surface area contributed by atoms with Gasteiger partial charge in [0.1, 0.15) is 0 Å². The average molecular weight is 401 g/mol. The number of aryl methyl sites for hydroxylation is 2. The molecule has 1 N–H and O–H groups in total. The number of hydrogen-bond acceptors (Lipinski definition) is 3. The second-order valence-corrected chi connectivity index (χ2v) is 9.61. The summed E-state index contributed by atoms with van der Waals surface area (Å²) in [5.74, 6) is 0.289. The zero-order valence-corrected chi connectivity index (χ0v) is 17.6. The highest BCUT2D eigenvalue weighted by Gasteiger charge is 2.28. The van der Waals surface area contributed by atoms with E-state index < -0.39 is 10.0 Å². The van der Waals surface area contributed by atoms with Crippen LogP contribution >= 0.6 is 0 Å². The summed E-state index contributed by atoms with van der Waals surface area (Å²) in [5, 5.41) is 2.91. The number of nitrogens with zero attached hydrogens (tertiary/aromatic N) is 1. The van der Waals surface area contributed by atoms with Gasteiger partial charge in [0.2, 0.25) is 10.0 Å². The lowest BCUT2D eigenvalue weighted by molar-refractivity contribution is 0.0950. The van der Waals surface area contributed by atoms with E-state index >= 15 is 0 Å². The Bertz CT molecular complexity index is 961. The third kappa shape index (κ3) is 4.45. The van der Waals surface area contributed by atoms with Crippen molar-refractivity contribution in [1.29, 1.82) is 0 Å². The normalized spacial score (nSPS) is 16.1. The minimum Gasteiger partial charge on any atom is -0.348 e. The number of carbonyl (C=O) groups excluding carboxylic acids is 1. The van der Waals surface area contributed by atoms with E-state index in [4.69, 9.17) is 0 Å². The fourth-order valence-electron chi connectivity index (χ4n) is 3.46. The Morgan fingerprint density at radius 1 is 1.07 bits per heavy atom. The molecule has 0 saturated carbocycles. The first-order valence-electron chi connectivity index (χ1n) is 9.72. The van der Waals surface area contributed by atoms with Gasteiger partial charge < -0.3 is 5.32 Å². The molecule has 28 heavy (non-hydrogen) atoms. The molecule has 0 unspecified atom stereocenters. The molecule has 6 heteroatoms. The number of benzene rings is 2. The highest BCUT2D eigenvalue weighted by atomic mass is 32.2. The van der Waals surface area contributed by atoms with Crippen LogP contribution < -0.4 is 5.32 Å². The standard InChI is InChI=1S/C22H28N2O3S/c1-16-10-12-24(13-11-16)28(26,27)20-9-8-18(3)21(14-20)22(25)23-15-19-7-5-4-6-17(19)2/h4-9,14,16H,10-13,15H2,1-3H3,(H,23,25). The Balaban J connectivity index is 1.79. The summed E-state index contributed by atoms with van der Waals surface area (Å²) in [5.41, 5.74) is 3.31. The first-order chi connectivity index (χ1) is 13.3. The van der Waals surface area contributed by atoms with E-state index in [1.54, 1.807) is 12.1 Å². The molecule has 0 radical (unpaired) electrons. The van der Waals surface area contributed by atoms with Crippen LogP contribution in [0, 0.1) is 19.8 Å². The van der Waals surface area contributed by atoms with Crippen LogP contribution in [-0.4, -0.2) is 31.7 Å². The number of amides is 1. The number of piperidine rings is 1. The third-order valence-corrected chi connectivity index (χ3v) is 7.43. The van der Waals surface area contributed by atoms with Crippen LogP contribution in [0.4, 0.5) is 0 Å². The van der Waals surface area contributed by atoms with Crippen LogP contribution in [0.2, 0.25) is 0 Å². The molecule has 0 atom stereocenters. The van der Waals surface area contributed by atoms with Gasteiger partial charge in [-0.3, -0.25) is 4.79 Å². The Hall–Kier alpha value is -2.18. The summed E-state index contributed by atoms with van der Waals surface area (Å²) >= 11 is 0. The van der Waals surface area contributed by atoms with Gasteiger partial charge in [-0.15, -0.1) is 0 Å². The summed E-state index contributed by atoms with van der Waals surface area (Å²) < 4.78 is 27.5. The van der Waals surface area contributed by atoms with Crippen molar-refractivity contribution < 1.29 is 13.2 Å². The molecule has 1 aliphatic heterocycles. The van der Waals surface area contributed by atoms with Crippen LogP contribution in [0.3, 0.4) is 0 Å². The molecular formula is C22H28N2O3S. The van der Waals surface area contributed by atoms with Crippen molar-refractivity contribution >= 4 is 15.9 Å². The highest BCUT2D eigenvalue weighted by Crippen LogP contribution is 2.25. The number of hydrogen-bond donors (Lipinski definition) is 1. The Kier molecular flexibility index (Phi) is 6.20. The molecule has 1 aliphatic rings. The lowest BCUT2D eigenvalue weighted by Gasteiger charge is -2.29. The first-order valence-corrected chi connectivity index (χ1v) is 11.2. The predicted octanol–water partition coefficient (Wildman–Crippen LogP) is 3.65. The topological polar surface area (TPSA) is 66.5 Å². The second kappa shape index (κ2) is 8.45. The van der Waals surface area contributed by atoms with Crippen LogP contribution in [0.25, 0.3) is 0 Å². The van der Waals surface area contributed by atoms with Gasteiger partial charge in [-0.1, -0.05) is 37.3 Å². The van der Waals surface area contributed by atoms with E-state index in [0.717, 1.165) is 29.5 Å². The summed E-state index contributed by atoms with van der Waals surface area (Å²) in [6.45, 7) is 7.44. The maximum absolute atomic E-state index is 13.0. The van der Waals surface area contributed by atoms with Crippen molar-refractivity contribution in [3.05, 3.63) is 64.7 Å². The lowest BCUT2D eigenvalue weighted by Crippen LogP contribution is -2.38. The number of sulfonamides is 1. The molecule has 1 amide bonds. The molecule has 2 aromatic rings. The van der Waals surface area contributed by atoms with E-state index in [9.17, 15) is 13.2 Å². The van der Waals surface area contributed by atoms with E-state index in [2.05, 4.69) is 12.2 Å². The fraction of sp³-hybridized carbons (Fsp3) is 0.409. The number of carbonyl (C=O) groups is 1. The lowest BCUT2D eigenvalue weighted by atomic mass is 10.0. The molecular weight excluding hydrogens is 372 g/mol. The van der Waals surface area contributed by atoms with Crippen molar-refractivity contribution in [1.82, 2.24) is 9.62 Å². The van der Waals surface area contributed by atoms with Crippen molar-refractivity contribution in [2.24, 2.45) is 5.92 Å². The monoisotopic (exact) mass is 400 g/mol. The van der Waals surface area contributed by atoms with Gasteiger partial charge in [-0.2, -0.15) is 4.31 Å². The van der Waals surface area contributed by atoms with Crippen LogP contribution in [0.5, 0.6) is 0 Å². The minimum absolute atomic E-state index is 0.189. The molecule has 1 heterocycles. The van der Waals surface area contributed by atoms with Crippen molar-refractivity contribution in [2.75, 3.05) is 13.1 Å². The van der Waals surface area contributed by atoms with Gasteiger partial charge >= 0.3 is 0 Å². The molecule has 0 spiro atoms. The molecule has 0 aromatic heterocycles. The zero-order chi connectivity index (χ0) is 20.3. The highest BCUT2D eigenvalue weighted by molar-refractivity contribution is 7.89. The van der Waals surface area contributed by atoms with Gasteiger partial charge in [-0.25, -0.2) is 8.42 Å². The molecule has 1 saturated heterocycles. The molecule has 5 nitrogen and oxygen atoms in total. The fourth-order valence-corrected chi connectivity index (χ4v) is 4.96. The van der Waals surface area contributed by atoms with Crippen LogP contribution in [-0.2, 0) is 16.6 Å². The van der Waals surface area contributed by atoms with Crippen LogP contribution in [0.1, 0.15) is 46.8 Å². The number of rotatable bonds is 5. The Labute approximate surface area is 167 Å². The summed E-state index contributed by atoms with van der Waals surface area (Å²) in [6.07, 6.45) is 1.74. The Morgan fingerprint density at radius 3 is 2.43 bits per heavy atom. The van der Waals surface area contributed by atoms with Crippen LogP contribution in [0.15, 0.2) is 47.4 Å². The predicted molar refractivity (Wildman–Crippen MR) is 111 cm³/mol. The van der Waals surface area contributed by atoms with E-state index in [-0.39, 0.29) is 10.8 Å². The van der Waals surface area contributed by atoms with Gasteiger partial charge in [-0.05, 0) is 61.4 Å². The first kappa shape index (κ1) is 20.6. The molecule has 1 fully saturated rings. The summed E-state index contributed by atoms with van der Waals surface area (Å²) in [6, 6.07) is 12.7.